The van der Waals surface area contributed by atoms with Gasteiger partial charge in [-0.3, -0.25) is 4.79 Å². The number of thiophene rings is 1. The summed E-state index contributed by atoms with van der Waals surface area (Å²) in [5.74, 6) is 0.577. The van der Waals surface area contributed by atoms with Crippen molar-refractivity contribution in [2.75, 3.05) is 31.6 Å². The van der Waals surface area contributed by atoms with Gasteiger partial charge in [0.25, 0.3) is 5.91 Å². The van der Waals surface area contributed by atoms with Crippen molar-refractivity contribution in [1.82, 2.24) is 14.9 Å². The van der Waals surface area contributed by atoms with E-state index in [9.17, 15) is 9.90 Å². The number of likely N-dealkylation sites (N-methyl/N-ethyl adjacent to an activating group) is 1. The number of nitrogens with zero attached hydrogens (tertiary/aromatic N) is 4. The van der Waals surface area contributed by atoms with Crippen LogP contribution in [0.4, 0.5) is 5.95 Å². The number of carbonyl (C=O) groups excluding carboxylic acids is 1. The first-order valence-corrected chi connectivity index (χ1v) is 8.85. The van der Waals surface area contributed by atoms with Gasteiger partial charge in [0.15, 0.2) is 0 Å². The Balaban J connectivity index is 1.67. The highest BCUT2D eigenvalue weighted by Crippen LogP contribution is 2.25. The Labute approximate surface area is 145 Å². The van der Waals surface area contributed by atoms with E-state index in [4.69, 9.17) is 0 Å². The van der Waals surface area contributed by atoms with Crippen LogP contribution in [0.3, 0.4) is 0 Å². The van der Waals surface area contributed by atoms with Crippen molar-refractivity contribution in [3.8, 4) is 0 Å². The summed E-state index contributed by atoms with van der Waals surface area (Å²) >= 11 is 1.48. The van der Waals surface area contributed by atoms with Gasteiger partial charge in [0.1, 0.15) is 0 Å². The maximum atomic E-state index is 12.5. The monoisotopic (exact) mass is 346 g/mol. The number of hydrogen-bond donors (Lipinski definition) is 1. The van der Waals surface area contributed by atoms with Crippen LogP contribution in [0.25, 0.3) is 0 Å². The standard InChI is InChI=1S/C17H22N4O2S/c1-13-5-6-14(24-13)15(22)20(2)11-17(23)7-3-10-21(12-17)16-18-8-4-9-19-16/h4-6,8-9,23H,3,7,10-12H2,1-2H3/t17-/m0/s1. The summed E-state index contributed by atoms with van der Waals surface area (Å²) in [6.07, 6.45) is 4.90. The van der Waals surface area contributed by atoms with Gasteiger partial charge in [-0.1, -0.05) is 0 Å². The second-order valence-electron chi connectivity index (χ2n) is 6.37. The molecule has 3 rings (SSSR count). The van der Waals surface area contributed by atoms with Gasteiger partial charge in [-0.15, -0.1) is 11.3 Å². The van der Waals surface area contributed by atoms with Gasteiger partial charge in [-0.2, -0.15) is 0 Å². The fourth-order valence-corrected chi connectivity index (χ4v) is 3.98. The summed E-state index contributed by atoms with van der Waals surface area (Å²) in [5.41, 5.74) is -0.950. The number of carbonyl (C=O) groups is 1. The number of aromatic nitrogens is 2. The number of hydrogen-bond acceptors (Lipinski definition) is 6. The number of amides is 1. The van der Waals surface area contributed by atoms with Crippen molar-refractivity contribution in [1.29, 1.82) is 0 Å². The molecule has 1 saturated heterocycles. The first-order chi connectivity index (χ1) is 11.5. The number of β-amino-alcohol motifs (C(OH)–C–C–N with tert-alkyl or cyclic N) is 1. The highest BCUT2D eigenvalue weighted by Gasteiger charge is 2.36. The number of anilines is 1. The van der Waals surface area contributed by atoms with Gasteiger partial charge in [0.2, 0.25) is 5.95 Å². The minimum atomic E-state index is -0.950. The summed E-state index contributed by atoms with van der Waals surface area (Å²) in [4.78, 5) is 26.4. The van der Waals surface area contributed by atoms with E-state index in [1.165, 1.54) is 11.3 Å². The van der Waals surface area contributed by atoms with Crippen LogP contribution in [0.1, 0.15) is 27.4 Å². The average molecular weight is 346 g/mol. The second-order valence-corrected chi connectivity index (χ2v) is 7.66. The van der Waals surface area contributed by atoms with Crippen molar-refractivity contribution < 1.29 is 9.90 Å². The van der Waals surface area contributed by atoms with E-state index < -0.39 is 5.60 Å². The minimum Gasteiger partial charge on any atom is -0.386 e. The molecule has 3 heterocycles. The molecule has 1 N–H and O–H groups in total. The third-order valence-corrected chi connectivity index (χ3v) is 5.21. The summed E-state index contributed by atoms with van der Waals surface area (Å²) < 4.78 is 0. The molecular formula is C17H22N4O2S. The molecule has 1 fully saturated rings. The summed E-state index contributed by atoms with van der Waals surface area (Å²) in [6, 6.07) is 5.55. The molecule has 2 aromatic rings. The molecule has 0 radical (unpaired) electrons. The fourth-order valence-electron chi connectivity index (χ4n) is 3.12. The highest BCUT2D eigenvalue weighted by atomic mass is 32.1. The molecule has 0 aromatic carbocycles. The van der Waals surface area contributed by atoms with Crippen LogP contribution < -0.4 is 4.90 Å². The summed E-state index contributed by atoms with van der Waals surface area (Å²) in [7, 11) is 1.74. The Morgan fingerprint density at radius 2 is 2.17 bits per heavy atom. The van der Waals surface area contributed by atoms with Crippen molar-refractivity contribution in [3.05, 3.63) is 40.3 Å². The van der Waals surface area contributed by atoms with Crippen LogP contribution in [0, 0.1) is 6.92 Å². The molecular weight excluding hydrogens is 324 g/mol. The first-order valence-electron chi connectivity index (χ1n) is 8.03. The zero-order valence-corrected chi connectivity index (χ0v) is 14.8. The van der Waals surface area contributed by atoms with Gasteiger partial charge in [0, 0.05) is 30.9 Å². The van der Waals surface area contributed by atoms with Crippen LogP contribution >= 0.6 is 11.3 Å². The Morgan fingerprint density at radius 1 is 1.42 bits per heavy atom. The van der Waals surface area contributed by atoms with Gasteiger partial charge in [0.05, 0.1) is 23.6 Å². The number of aliphatic hydroxyl groups is 1. The van der Waals surface area contributed by atoms with Crippen molar-refractivity contribution >= 4 is 23.2 Å². The van der Waals surface area contributed by atoms with E-state index in [0.29, 0.717) is 30.3 Å². The van der Waals surface area contributed by atoms with Crippen LogP contribution in [-0.4, -0.2) is 58.2 Å². The zero-order chi connectivity index (χ0) is 17.2. The van der Waals surface area contributed by atoms with Crippen LogP contribution in [0.15, 0.2) is 30.6 Å². The Kier molecular flexibility index (Phi) is 4.82. The maximum absolute atomic E-state index is 12.5. The molecule has 7 heteroatoms. The lowest BCUT2D eigenvalue weighted by Crippen LogP contribution is -2.55. The SMILES string of the molecule is Cc1ccc(C(=O)N(C)C[C@@]2(O)CCCN(c3ncccn3)C2)s1. The van der Waals surface area contributed by atoms with E-state index in [2.05, 4.69) is 9.97 Å². The Hall–Kier alpha value is -1.99. The number of aryl methyl sites for hydroxylation is 1. The first kappa shape index (κ1) is 16.9. The number of rotatable bonds is 4. The van der Waals surface area contributed by atoms with Crippen LogP contribution in [0.2, 0.25) is 0 Å². The summed E-state index contributed by atoms with van der Waals surface area (Å²) in [5, 5.41) is 11.0. The van der Waals surface area contributed by atoms with Crippen molar-refractivity contribution in [3.63, 3.8) is 0 Å². The second kappa shape index (κ2) is 6.86. The minimum absolute atomic E-state index is 0.0467. The largest absolute Gasteiger partial charge is 0.386 e. The highest BCUT2D eigenvalue weighted by molar-refractivity contribution is 7.13. The Bertz CT molecular complexity index is 706. The van der Waals surface area contributed by atoms with E-state index in [1.807, 2.05) is 24.0 Å². The molecule has 1 atom stereocenters. The van der Waals surface area contributed by atoms with Gasteiger partial charge in [-0.25, -0.2) is 9.97 Å². The molecule has 0 unspecified atom stereocenters. The van der Waals surface area contributed by atoms with E-state index >= 15 is 0 Å². The third-order valence-electron chi connectivity index (χ3n) is 4.22. The quantitative estimate of drug-likeness (QED) is 0.916. The molecule has 2 aromatic heterocycles. The van der Waals surface area contributed by atoms with E-state index in [0.717, 1.165) is 17.8 Å². The lowest BCUT2D eigenvalue weighted by molar-refractivity contribution is -0.000173. The van der Waals surface area contributed by atoms with Gasteiger partial charge in [-0.05, 0) is 38.0 Å². The molecule has 0 saturated carbocycles. The lowest BCUT2D eigenvalue weighted by atomic mass is 9.92. The van der Waals surface area contributed by atoms with E-state index in [1.54, 1.807) is 30.4 Å². The van der Waals surface area contributed by atoms with Crippen molar-refractivity contribution in [2.45, 2.75) is 25.4 Å². The topological polar surface area (TPSA) is 69.6 Å². The van der Waals surface area contributed by atoms with Crippen LogP contribution in [-0.2, 0) is 0 Å². The van der Waals surface area contributed by atoms with Gasteiger partial charge >= 0.3 is 0 Å². The molecule has 1 aliphatic rings. The summed E-state index contributed by atoms with van der Waals surface area (Å²) in [6.45, 7) is 3.52. The normalized spacial score (nSPS) is 20.9. The van der Waals surface area contributed by atoms with Crippen LogP contribution in [0.5, 0.6) is 0 Å². The maximum Gasteiger partial charge on any atom is 0.263 e. The molecule has 128 valence electrons. The number of piperidine rings is 1. The molecule has 0 spiro atoms. The molecule has 24 heavy (non-hydrogen) atoms. The fraction of sp³-hybridized carbons (Fsp3) is 0.471. The molecule has 1 amide bonds. The van der Waals surface area contributed by atoms with Crippen molar-refractivity contribution in [2.24, 2.45) is 0 Å². The molecule has 1 aliphatic heterocycles. The molecule has 6 nitrogen and oxygen atoms in total. The van der Waals surface area contributed by atoms with E-state index in [-0.39, 0.29) is 5.91 Å². The smallest absolute Gasteiger partial charge is 0.263 e. The zero-order valence-electron chi connectivity index (χ0n) is 14.0. The lowest BCUT2D eigenvalue weighted by Gasteiger charge is -2.41. The van der Waals surface area contributed by atoms with Gasteiger partial charge < -0.3 is 14.9 Å². The predicted octanol–water partition coefficient (Wildman–Crippen LogP) is 1.95. The predicted molar refractivity (Wildman–Crippen MR) is 94.4 cm³/mol. The average Bonchev–Trinajstić information content (AvgIpc) is 3.01. The molecule has 0 bridgehead atoms. The molecule has 0 aliphatic carbocycles. The Morgan fingerprint density at radius 3 is 2.83 bits per heavy atom. The third kappa shape index (κ3) is 3.73.